The number of sulfonamides is 1. The van der Waals surface area contributed by atoms with Gasteiger partial charge in [-0.1, -0.05) is 0 Å². The lowest BCUT2D eigenvalue weighted by molar-refractivity contribution is -0.130. The van der Waals surface area contributed by atoms with Gasteiger partial charge in [0.1, 0.15) is 0 Å². The molecule has 31 heavy (non-hydrogen) atoms. The monoisotopic (exact) mass is 445 g/mol. The lowest BCUT2D eigenvalue weighted by atomic mass is 9.49. The van der Waals surface area contributed by atoms with Crippen LogP contribution in [0.2, 0.25) is 0 Å². The molecule has 4 bridgehead atoms. The van der Waals surface area contributed by atoms with Crippen LogP contribution in [-0.2, 0) is 21.2 Å². The molecule has 0 spiro atoms. The van der Waals surface area contributed by atoms with E-state index >= 15 is 0 Å². The van der Waals surface area contributed by atoms with Crippen LogP contribution >= 0.6 is 0 Å². The highest BCUT2D eigenvalue weighted by Crippen LogP contribution is 2.61. The first-order chi connectivity index (χ1) is 14.7. The minimum Gasteiger partial charge on any atom is -0.273 e. The van der Waals surface area contributed by atoms with Gasteiger partial charge in [-0.25, -0.2) is 8.42 Å². The smallest absolute Gasteiger partial charge is 0.269 e. The molecule has 1 aromatic carbocycles. The maximum atomic E-state index is 12.7. The number of amides is 2. The molecule has 4 aliphatic carbocycles. The van der Waals surface area contributed by atoms with E-state index < -0.39 is 10.0 Å². The Labute approximate surface area is 184 Å². The van der Waals surface area contributed by atoms with Crippen LogP contribution in [0.15, 0.2) is 18.2 Å². The number of benzene rings is 1. The third kappa shape index (κ3) is 4.06. The molecule has 0 radical (unpaired) electrons. The third-order valence-electron chi connectivity index (χ3n) is 7.83. The van der Waals surface area contributed by atoms with Gasteiger partial charge in [0.2, 0.25) is 15.9 Å². The Hall–Kier alpha value is -2.09. The van der Waals surface area contributed by atoms with E-state index in [9.17, 15) is 18.0 Å². The second-order valence-electron chi connectivity index (χ2n) is 10.4. The van der Waals surface area contributed by atoms with E-state index in [1.165, 1.54) is 29.8 Å². The normalized spacial score (nSPS) is 31.3. The topological polar surface area (TPSA) is 95.6 Å². The van der Waals surface area contributed by atoms with Crippen molar-refractivity contribution in [2.45, 2.75) is 57.8 Å². The molecule has 4 fully saturated rings. The van der Waals surface area contributed by atoms with Gasteiger partial charge in [0.05, 0.1) is 11.9 Å². The van der Waals surface area contributed by atoms with Crippen molar-refractivity contribution in [2.75, 3.05) is 17.1 Å². The maximum Gasteiger partial charge on any atom is 0.269 e. The molecule has 5 aliphatic rings. The molecule has 1 aromatic rings. The van der Waals surface area contributed by atoms with Crippen LogP contribution in [-0.4, -0.2) is 33.0 Å². The van der Waals surface area contributed by atoms with Gasteiger partial charge in [0.25, 0.3) is 5.91 Å². The van der Waals surface area contributed by atoms with Crippen molar-refractivity contribution in [3.63, 3.8) is 0 Å². The minimum atomic E-state index is -3.34. The molecule has 8 heteroatoms. The Morgan fingerprint density at radius 3 is 2.32 bits per heavy atom. The fourth-order valence-corrected chi connectivity index (χ4v) is 8.13. The summed E-state index contributed by atoms with van der Waals surface area (Å²) < 4.78 is 25.4. The standard InChI is InChI=1S/C23H31N3O4S/c1-31(29,30)26-6-2-3-18-10-19(4-5-20(18)26)22(28)25-24-21(27)14-23-11-15-7-16(12-23)9-17(8-15)13-23/h4-5,10,15-17H,2-3,6-9,11-14H2,1H3,(H,24,27)(H,25,28). The Bertz CT molecular complexity index is 984. The number of anilines is 1. The molecule has 2 amide bonds. The number of hydrazine groups is 1. The molecule has 0 atom stereocenters. The fourth-order valence-electron chi connectivity index (χ4n) is 7.14. The zero-order chi connectivity index (χ0) is 21.8. The number of aryl methyl sites for hydroxylation is 1. The summed E-state index contributed by atoms with van der Waals surface area (Å²) in [6.07, 6.45) is 10.6. The van der Waals surface area contributed by atoms with Gasteiger partial charge in [-0.05, 0) is 98.3 Å². The lowest BCUT2D eigenvalue weighted by Gasteiger charge is -2.56. The number of hydrogen-bond acceptors (Lipinski definition) is 4. The van der Waals surface area contributed by atoms with Gasteiger partial charge in [-0.15, -0.1) is 0 Å². The summed E-state index contributed by atoms with van der Waals surface area (Å²) in [6, 6.07) is 5.03. The summed E-state index contributed by atoms with van der Waals surface area (Å²) >= 11 is 0. The molecular weight excluding hydrogens is 414 g/mol. The molecule has 0 unspecified atom stereocenters. The Kier molecular flexibility index (Phi) is 5.03. The molecule has 0 aromatic heterocycles. The van der Waals surface area contributed by atoms with Crippen LogP contribution in [0, 0.1) is 23.2 Å². The zero-order valence-corrected chi connectivity index (χ0v) is 18.8. The number of carbonyl (C=O) groups excluding carboxylic acids is 2. The quantitative estimate of drug-likeness (QED) is 0.697. The van der Waals surface area contributed by atoms with E-state index in [2.05, 4.69) is 10.9 Å². The largest absolute Gasteiger partial charge is 0.273 e. The van der Waals surface area contributed by atoms with Crippen LogP contribution in [0.3, 0.4) is 0 Å². The van der Waals surface area contributed by atoms with Crippen molar-refractivity contribution in [1.29, 1.82) is 0 Å². The first kappa shape index (κ1) is 20.8. The molecule has 7 nitrogen and oxygen atoms in total. The van der Waals surface area contributed by atoms with Gasteiger partial charge >= 0.3 is 0 Å². The van der Waals surface area contributed by atoms with Gasteiger partial charge < -0.3 is 0 Å². The highest BCUT2D eigenvalue weighted by Gasteiger charge is 2.51. The Morgan fingerprint density at radius 1 is 1.06 bits per heavy atom. The summed E-state index contributed by atoms with van der Waals surface area (Å²) in [6.45, 7) is 0.456. The van der Waals surface area contributed by atoms with Crippen molar-refractivity contribution < 1.29 is 18.0 Å². The summed E-state index contributed by atoms with van der Waals surface area (Å²) in [7, 11) is -3.34. The molecule has 0 saturated heterocycles. The van der Waals surface area contributed by atoms with Crippen LogP contribution in [0.5, 0.6) is 0 Å². The first-order valence-electron chi connectivity index (χ1n) is 11.4. The number of nitrogens with zero attached hydrogens (tertiary/aromatic N) is 1. The van der Waals surface area contributed by atoms with Crippen molar-refractivity contribution in [2.24, 2.45) is 23.2 Å². The van der Waals surface area contributed by atoms with Gasteiger partial charge in [0, 0.05) is 18.5 Å². The highest BCUT2D eigenvalue weighted by molar-refractivity contribution is 7.92. The van der Waals surface area contributed by atoms with E-state index in [1.807, 2.05) is 0 Å². The van der Waals surface area contributed by atoms with E-state index in [4.69, 9.17) is 0 Å². The Morgan fingerprint density at radius 2 is 1.71 bits per heavy atom. The van der Waals surface area contributed by atoms with Crippen LogP contribution in [0.4, 0.5) is 5.69 Å². The average molecular weight is 446 g/mol. The third-order valence-corrected chi connectivity index (χ3v) is 9.01. The van der Waals surface area contributed by atoms with Crippen molar-refractivity contribution in [3.8, 4) is 0 Å². The second kappa shape index (κ2) is 7.50. The zero-order valence-electron chi connectivity index (χ0n) is 18.0. The summed E-state index contributed by atoms with van der Waals surface area (Å²) in [5, 5.41) is 0. The first-order valence-corrected chi connectivity index (χ1v) is 13.3. The number of carbonyl (C=O) groups is 2. The molecule has 1 aliphatic heterocycles. The van der Waals surface area contributed by atoms with E-state index in [0.717, 1.165) is 49.0 Å². The van der Waals surface area contributed by atoms with E-state index in [1.54, 1.807) is 18.2 Å². The van der Waals surface area contributed by atoms with Gasteiger partial charge in [-0.2, -0.15) is 0 Å². The van der Waals surface area contributed by atoms with Crippen LogP contribution < -0.4 is 15.2 Å². The van der Waals surface area contributed by atoms with E-state index in [0.29, 0.717) is 30.6 Å². The van der Waals surface area contributed by atoms with E-state index in [-0.39, 0.29) is 17.2 Å². The summed E-state index contributed by atoms with van der Waals surface area (Å²) in [4.78, 5) is 25.3. The number of hydrogen-bond donors (Lipinski definition) is 2. The predicted molar refractivity (Wildman–Crippen MR) is 118 cm³/mol. The van der Waals surface area contributed by atoms with Gasteiger partial charge in [0.15, 0.2) is 0 Å². The van der Waals surface area contributed by atoms with Crippen molar-refractivity contribution >= 4 is 27.5 Å². The average Bonchev–Trinajstić information content (AvgIpc) is 2.69. The lowest BCUT2D eigenvalue weighted by Crippen LogP contribution is -2.50. The molecular formula is C23H31N3O4S. The number of rotatable bonds is 4. The summed E-state index contributed by atoms with van der Waals surface area (Å²) in [5.74, 6) is 1.87. The minimum absolute atomic E-state index is 0.114. The van der Waals surface area contributed by atoms with Crippen LogP contribution in [0.1, 0.15) is 67.3 Å². The fraction of sp³-hybridized carbons (Fsp3) is 0.652. The molecule has 4 saturated carbocycles. The Balaban J connectivity index is 1.21. The molecule has 2 N–H and O–H groups in total. The highest BCUT2D eigenvalue weighted by atomic mass is 32.2. The summed E-state index contributed by atoms with van der Waals surface area (Å²) in [5.41, 5.74) is 7.21. The van der Waals surface area contributed by atoms with Crippen molar-refractivity contribution in [1.82, 2.24) is 10.9 Å². The number of fused-ring (bicyclic) bond motifs is 1. The van der Waals surface area contributed by atoms with Gasteiger partial charge in [-0.3, -0.25) is 24.7 Å². The molecule has 168 valence electrons. The van der Waals surface area contributed by atoms with Crippen LogP contribution in [0.25, 0.3) is 0 Å². The van der Waals surface area contributed by atoms with Crippen molar-refractivity contribution in [3.05, 3.63) is 29.3 Å². The second-order valence-corrected chi connectivity index (χ2v) is 12.3. The number of nitrogens with one attached hydrogen (secondary N) is 2. The molecule has 1 heterocycles. The maximum absolute atomic E-state index is 12.7. The molecule has 6 rings (SSSR count). The SMILES string of the molecule is CS(=O)(=O)N1CCCc2cc(C(=O)NNC(=O)CC34CC5CC(CC(C5)C3)C4)ccc21. The predicted octanol–water partition coefficient (Wildman–Crippen LogP) is 2.77.